The molecule has 0 unspecified atom stereocenters. The molecule has 20 heavy (non-hydrogen) atoms. The molecule has 0 spiro atoms. The molecule has 2 heterocycles. The Hall–Kier alpha value is -1.68. The van der Waals surface area contributed by atoms with Crippen molar-refractivity contribution in [2.45, 2.75) is 12.8 Å². The molecule has 106 valence electrons. The van der Waals surface area contributed by atoms with E-state index in [1.54, 1.807) is 23.1 Å². The van der Waals surface area contributed by atoms with Gasteiger partial charge in [-0.3, -0.25) is 4.79 Å². The van der Waals surface area contributed by atoms with Gasteiger partial charge in [0.2, 0.25) is 5.91 Å². The molecule has 1 aromatic carbocycles. The average molecular weight is 294 g/mol. The molecule has 0 aromatic heterocycles. The van der Waals surface area contributed by atoms with Crippen LogP contribution in [0, 0.1) is 0 Å². The Bertz CT molecular complexity index is 552. The average Bonchev–Trinajstić information content (AvgIpc) is 2.60. The molecule has 4 nitrogen and oxygen atoms in total. The molecule has 0 N–H and O–H groups in total. The molecular weight excluding hydrogens is 278 g/mol. The van der Waals surface area contributed by atoms with Crippen LogP contribution < -0.4 is 9.47 Å². The number of halogens is 1. The Morgan fingerprint density at radius 2 is 2.00 bits per heavy atom. The lowest BCUT2D eigenvalue weighted by atomic mass is 10.1. The van der Waals surface area contributed by atoms with Crippen LogP contribution in [0.5, 0.6) is 11.5 Å². The van der Waals surface area contributed by atoms with Gasteiger partial charge in [0.15, 0.2) is 11.5 Å². The van der Waals surface area contributed by atoms with E-state index in [1.807, 2.05) is 6.07 Å². The van der Waals surface area contributed by atoms with Crippen LogP contribution in [0.2, 0.25) is 5.02 Å². The smallest absolute Gasteiger partial charge is 0.246 e. The molecule has 0 bridgehead atoms. The highest BCUT2D eigenvalue weighted by Gasteiger charge is 2.18. The van der Waals surface area contributed by atoms with Gasteiger partial charge < -0.3 is 14.4 Å². The summed E-state index contributed by atoms with van der Waals surface area (Å²) in [5.41, 5.74) is 0.841. The van der Waals surface area contributed by atoms with Crippen molar-refractivity contribution < 1.29 is 14.3 Å². The number of carbonyl (C=O) groups is 1. The van der Waals surface area contributed by atoms with Crippen molar-refractivity contribution >= 4 is 23.6 Å². The Labute approximate surface area is 122 Å². The maximum Gasteiger partial charge on any atom is 0.246 e. The van der Waals surface area contributed by atoms with Crippen LogP contribution in [-0.4, -0.2) is 37.1 Å². The van der Waals surface area contributed by atoms with Crippen LogP contribution in [-0.2, 0) is 4.79 Å². The van der Waals surface area contributed by atoms with Crippen LogP contribution in [0.3, 0.4) is 0 Å². The first kappa shape index (κ1) is 13.3. The highest BCUT2D eigenvalue weighted by Crippen LogP contribution is 2.38. The summed E-state index contributed by atoms with van der Waals surface area (Å²) in [7, 11) is 0. The Balaban J connectivity index is 1.79. The van der Waals surface area contributed by atoms with Crippen molar-refractivity contribution in [2.75, 3.05) is 26.3 Å². The van der Waals surface area contributed by atoms with Crippen LogP contribution in [0.4, 0.5) is 0 Å². The molecule has 1 fully saturated rings. The topological polar surface area (TPSA) is 38.8 Å². The molecule has 0 saturated carbocycles. The van der Waals surface area contributed by atoms with Gasteiger partial charge in [-0.1, -0.05) is 11.6 Å². The third-order valence-electron chi connectivity index (χ3n) is 3.41. The Morgan fingerprint density at radius 3 is 2.75 bits per heavy atom. The number of ether oxygens (including phenoxy) is 2. The predicted octanol–water partition coefficient (Wildman–Crippen LogP) is 2.75. The minimum Gasteiger partial charge on any atom is -0.489 e. The van der Waals surface area contributed by atoms with Gasteiger partial charge in [0, 0.05) is 25.6 Å². The number of amides is 1. The number of hydrogen-bond acceptors (Lipinski definition) is 3. The van der Waals surface area contributed by atoms with E-state index in [-0.39, 0.29) is 5.91 Å². The fourth-order valence-corrected chi connectivity index (χ4v) is 2.43. The van der Waals surface area contributed by atoms with E-state index in [9.17, 15) is 4.79 Å². The molecule has 0 radical (unpaired) electrons. The summed E-state index contributed by atoms with van der Waals surface area (Å²) in [6.07, 6.45) is 5.27. The Kier molecular flexibility index (Phi) is 3.83. The molecule has 1 saturated heterocycles. The monoisotopic (exact) mass is 293 g/mol. The lowest BCUT2D eigenvalue weighted by Crippen LogP contribution is -2.40. The van der Waals surface area contributed by atoms with Crippen molar-refractivity contribution in [1.82, 2.24) is 4.90 Å². The van der Waals surface area contributed by atoms with Gasteiger partial charge in [-0.15, -0.1) is 0 Å². The fraction of sp³-hybridized carbons (Fsp3) is 0.400. The third-order valence-corrected chi connectivity index (χ3v) is 3.69. The largest absolute Gasteiger partial charge is 0.489 e. The number of hydrogen-bond donors (Lipinski definition) is 0. The summed E-state index contributed by atoms with van der Waals surface area (Å²) in [4.78, 5) is 13.6. The van der Waals surface area contributed by atoms with Crippen LogP contribution in [0.25, 0.3) is 6.08 Å². The van der Waals surface area contributed by atoms with Crippen molar-refractivity contribution in [2.24, 2.45) is 0 Å². The van der Waals surface area contributed by atoms with Gasteiger partial charge in [-0.05, 0) is 30.2 Å². The molecule has 0 aliphatic carbocycles. The third kappa shape index (κ3) is 2.75. The van der Waals surface area contributed by atoms with Crippen molar-refractivity contribution in [3.05, 3.63) is 28.8 Å². The van der Waals surface area contributed by atoms with Crippen LogP contribution >= 0.6 is 11.6 Å². The Morgan fingerprint density at radius 1 is 1.20 bits per heavy atom. The summed E-state index contributed by atoms with van der Waals surface area (Å²) < 4.78 is 11.2. The van der Waals surface area contributed by atoms with Crippen LogP contribution in [0.15, 0.2) is 18.2 Å². The number of rotatable bonds is 2. The first-order valence-electron chi connectivity index (χ1n) is 6.80. The molecule has 0 atom stereocenters. The van der Waals surface area contributed by atoms with E-state index in [0.717, 1.165) is 31.5 Å². The number of nitrogens with zero attached hydrogens (tertiary/aromatic N) is 1. The lowest BCUT2D eigenvalue weighted by Gasteiger charge is -2.29. The summed E-state index contributed by atoms with van der Waals surface area (Å²) in [5.74, 6) is 1.28. The maximum absolute atomic E-state index is 11.8. The van der Waals surface area contributed by atoms with Gasteiger partial charge in [0.25, 0.3) is 0 Å². The van der Waals surface area contributed by atoms with Crippen molar-refractivity contribution in [3.8, 4) is 11.5 Å². The number of carbonyl (C=O) groups excluding carboxylic acids is 1. The lowest BCUT2D eigenvalue weighted by molar-refractivity contribution is -0.129. The minimum absolute atomic E-state index is 0.0412. The maximum atomic E-state index is 11.8. The van der Waals surface area contributed by atoms with Crippen LogP contribution in [0.1, 0.15) is 18.4 Å². The van der Waals surface area contributed by atoms with Gasteiger partial charge >= 0.3 is 0 Å². The zero-order valence-electron chi connectivity index (χ0n) is 11.1. The summed E-state index contributed by atoms with van der Waals surface area (Å²) in [6, 6.07) is 3.64. The minimum atomic E-state index is 0.0412. The second-order valence-electron chi connectivity index (χ2n) is 4.89. The molecule has 1 aromatic rings. The van der Waals surface area contributed by atoms with E-state index in [0.29, 0.717) is 29.7 Å². The quantitative estimate of drug-likeness (QED) is 0.787. The molecule has 3 rings (SSSR count). The molecule has 2 aliphatic rings. The van der Waals surface area contributed by atoms with E-state index in [2.05, 4.69) is 0 Å². The van der Waals surface area contributed by atoms with E-state index in [4.69, 9.17) is 21.1 Å². The van der Waals surface area contributed by atoms with Gasteiger partial charge in [0.1, 0.15) is 0 Å². The normalized spacial score (nSPS) is 17.8. The second-order valence-corrected chi connectivity index (χ2v) is 5.30. The predicted molar refractivity (Wildman–Crippen MR) is 77.3 cm³/mol. The first-order valence-corrected chi connectivity index (χ1v) is 7.18. The van der Waals surface area contributed by atoms with E-state index in [1.165, 1.54) is 0 Å². The van der Waals surface area contributed by atoms with Gasteiger partial charge in [0.05, 0.1) is 18.2 Å². The van der Waals surface area contributed by atoms with Gasteiger partial charge in [-0.2, -0.15) is 0 Å². The highest BCUT2D eigenvalue weighted by atomic mass is 35.5. The summed E-state index contributed by atoms with van der Waals surface area (Å²) >= 11 is 6.20. The van der Waals surface area contributed by atoms with E-state index >= 15 is 0 Å². The zero-order valence-corrected chi connectivity index (χ0v) is 11.9. The molecule has 5 heteroatoms. The fourth-order valence-electron chi connectivity index (χ4n) is 2.16. The molecular formula is C15H16ClNO3. The summed E-state index contributed by atoms with van der Waals surface area (Å²) in [6.45, 7) is 2.93. The molecule has 1 amide bonds. The standard InChI is InChI=1S/C15H16ClNO3/c16-12-9-11(3-4-14(18)17-5-1-6-17)10-13-15(12)20-8-2-7-19-13/h3-4,9-10H,1-2,5-8H2/b4-3+. The highest BCUT2D eigenvalue weighted by molar-refractivity contribution is 6.32. The van der Waals surface area contributed by atoms with Crippen molar-refractivity contribution in [1.29, 1.82) is 0 Å². The number of benzene rings is 1. The summed E-state index contributed by atoms with van der Waals surface area (Å²) in [5, 5.41) is 0.514. The number of likely N-dealkylation sites (tertiary alicyclic amines) is 1. The number of fused-ring (bicyclic) bond motifs is 1. The second kappa shape index (κ2) is 5.75. The SMILES string of the molecule is O=C(/C=C/c1cc(Cl)c2c(c1)OCCCO2)N1CCC1. The van der Waals surface area contributed by atoms with Gasteiger partial charge in [-0.25, -0.2) is 0 Å². The van der Waals surface area contributed by atoms with E-state index < -0.39 is 0 Å². The van der Waals surface area contributed by atoms with Crippen molar-refractivity contribution in [3.63, 3.8) is 0 Å². The first-order chi connectivity index (χ1) is 9.74. The molecule has 2 aliphatic heterocycles. The zero-order chi connectivity index (χ0) is 13.9.